The first-order valence-corrected chi connectivity index (χ1v) is 5.32. The van der Waals surface area contributed by atoms with Gasteiger partial charge < -0.3 is 25.2 Å². The summed E-state index contributed by atoms with van der Waals surface area (Å²) >= 11 is 0. The molecular weight excluding hydrogens is 228 g/mol. The molecule has 100 valence electrons. The van der Waals surface area contributed by atoms with Crippen LogP contribution in [0.5, 0.6) is 0 Å². The molecule has 0 aromatic rings. The van der Waals surface area contributed by atoms with E-state index in [0.717, 1.165) is 0 Å². The molecular formula is C10H20N2O5. The molecule has 0 rings (SSSR count). The normalized spacial score (nSPS) is 12.1. The zero-order valence-electron chi connectivity index (χ0n) is 10.2. The van der Waals surface area contributed by atoms with E-state index in [1.807, 2.05) is 0 Å². The van der Waals surface area contributed by atoms with Gasteiger partial charge >= 0.3 is 5.97 Å². The number of methoxy groups -OCH3 is 2. The Labute approximate surface area is 100 Å². The quantitative estimate of drug-likeness (QED) is 0.421. The first-order chi connectivity index (χ1) is 8.11. The maximum absolute atomic E-state index is 11.2. The largest absolute Gasteiger partial charge is 0.480 e. The Balaban J connectivity index is 3.65. The second-order valence-electron chi connectivity index (χ2n) is 3.39. The minimum absolute atomic E-state index is 0.0701. The number of hydrogen-bond donors (Lipinski definition) is 3. The molecule has 0 heterocycles. The number of nitrogens with one attached hydrogen (secondary N) is 2. The summed E-state index contributed by atoms with van der Waals surface area (Å²) in [4.78, 5) is 22.0. The summed E-state index contributed by atoms with van der Waals surface area (Å²) in [5, 5.41) is 14.1. The highest BCUT2D eigenvalue weighted by molar-refractivity contribution is 5.76. The molecule has 1 amide bonds. The molecule has 0 saturated heterocycles. The molecule has 0 aromatic heterocycles. The van der Waals surface area contributed by atoms with Crippen molar-refractivity contribution in [2.45, 2.75) is 12.5 Å². The Morgan fingerprint density at radius 1 is 1.24 bits per heavy atom. The molecule has 0 saturated carbocycles. The molecule has 0 aliphatic rings. The second kappa shape index (κ2) is 10.0. The summed E-state index contributed by atoms with van der Waals surface area (Å²) in [7, 11) is 2.98. The van der Waals surface area contributed by atoms with E-state index in [4.69, 9.17) is 14.6 Å². The summed E-state index contributed by atoms with van der Waals surface area (Å²) in [6, 6.07) is -0.785. The van der Waals surface area contributed by atoms with E-state index in [-0.39, 0.29) is 18.9 Å². The molecule has 0 bridgehead atoms. The van der Waals surface area contributed by atoms with Gasteiger partial charge in [-0.1, -0.05) is 0 Å². The second-order valence-corrected chi connectivity index (χ2v) is 3.39. The Morgan fingerprint density at radius 2 is 1.94 bits per heavy atom. The lowest BCUT2D eigenvalue weighted by molar-refractivity contribution is -0.141. The highest BCUT2D eigenvalue weighted by Crippen LogP contribution is 1.87. The van der Waals surface area contributed by atoms with E-state index in [2.05, 4.69) is 10.6 Å². The summed E-state index contributed by atoms with van der Waals surface area (Å²) < 4.78 is 9.52. The molecule has 0 aliphatic carbocycles. The van der Waals surface area contributed by atoms with E-state index < -0.39 is 12.0 Å². The average molecular weight is 248 g/mol. The van der Waals surface area contributed by atoms with Crippen molar-refractivity contribution in [3.63, 3.8) is 0 Å². The molecule has 1 atom stereocenters. The van der Waals surface area contributed by atoms with Crippen LogP contribution in [0.3, 0.4) is 0 Å². The smallest absolute Gasteiger partial charge is 0.323 e. The van der Waals surface area contributed by atoms with Gasteiger partial charge in [0.25, 0.3) is 0 Å². The third-order valence-corrected chi connectivity index (χ3v) is 2.00. The molecule has 0 aromatic carbocycles. The molecule has 0 radical (unpaired) electrons. The topological polar surface area (TPSA) is 96.9 Å². The highest BCUT2D eigenvalue weighted by atomic mass is 16.5. The monoisotopic (exact) mass is 248 g/mol. The van der Waals surface area contributed by atoms with E-state index in [9.17, 15) is 9.59 Å². The molecule has 7 nitrogen and oxygen atoms in total. The minimum Gasteiger partial charge on any atom is -0.480 e. The number of carboxylic acid groups (broad SMARTS) is 1. The molecule has 1 unspecified atom stereocenters. The first kappa shape index (κ1) is 15.8. The van der Waals surface area contributed by atoms with Crippen molar-refractivity contribution >= 4 is 11.9 Å². The average Bonchev–Trinajstić information content (AvgIpc) is 2.28. The summed E-state index contributed by atoms with van der Waals surface area (Å²) in [5.41, 5.74) is 0. The van der Waals surface area contributed by atoms with E-state index >= 15 is 0 Å². The first-order valence-electron chi connectivity index (χ1n) is 5.32. The summed E-state index contributed by atoms with van der Waals surface area (Å²) in [6.07, 6.45) is 0.219. The standard InChI is InChI=1S/C10H20N2O5/c1-16-6-5-12-9(13)3-4-11-8(7-17-2)10(14)15/h8,11H,3-7H2,1-2H3,(H,12,13)(H,14,15). The number of rotatable bonds is 10. The van der Waals surface area contributed by atoms with Crippen LogP contribution < -0.4 is 10.6 Å². The third-order valence-electron chi connectivity index (χ3n) is 2.00. The minimum atomic E-state index is -0.994. The summed E-state index contributed by atoms with van der Waals surface area (Å²) in [5.74, 6) is -1.14. The molecule has 7 heteroatoms. The predicted octanol–water partition coefficient (Wildman–Crippen LogP) is -1.17. The van der Waals surface area contributed by atoms with Crippen LogP contribution in [0.15, 0.2) is 0 Å². The number of carbonyl (C=O) groups excluding carboxylic acids is 1. The van der Waals surface area contributed by atoms with Gasteiger partial charge in [-0.3, -0.25) is 9.59 Å². The Hall–Kier alpha value is -1.18. The molecule has 0 fully saturated rings. The van der Waals surface area contributed by atoms with Crippen LogP contribution in [0.25, 0.3) is 0 Å². The van der Waals surface area contributed by atoms with Gasteiger partial charge in [0.1, 0.15) is 6.04 Å². The zero-order valence-corrected chi connectivity index (χ0v) is 10.2. The number of aliphatic carboxylic acids is 1. The van der Waals surface area contributed by atoms with E-state index in [1.165, 1.54) is 7.11 Å². The van der Waals surface area contributed by atoms with Crippen molar-refractivity contribution in [1.29, 1.82) is 0 Å². The van der Waals surface area contributed by atoms with Crippen LogP contribution >= 0.6 is 0 Å². The van der Waals surface area contributed by atoms with Crippen LogP contribution in [-0.2, 0) is 19.1 Å². The number of hydrogen-bond acceptors (Lipinski definition) is 5. The van der Waals surface area contributed by atoms with Gasteiger partial charge in [0.15, 0.2) is 0 Å². The van der Waals surface area contributed by atoms with E-state index in [1.54, 1.807) is 7.11 Å². The molecule has 0 aliphatic heterocycles. The van der Waals surface area contributed by atoms with Crippen molar-refractivity contribution < 1.29 is 24.2 Å². The van der Waals surface area contributed by atoms with Gasteiger partial charge in [0, 0.05) is 33.7 Å². The van der Waals surface area contributed by atoms with Crippen LogP contribution in [0, 0.1) is 0 Å². The summed E-state index contributed by atoms with van der Waals surface area (Å²) in [6.45, 7) is 1.27. The maximum Gasteiger partial charge on any atom is 0.323 e. The van der Waals surface area contributed by atoms with Crippen LogP contribution in [0.4, 0.5) is 0 Å². The lowest BCUT2D eigenvalue weighted by Crippen LogP contribution is -2.42. The zero-order chi connectivity index (χ0) is 13.1. The Kier molecular flexibility index (Phi) is 9.31. The fourth-order valence-electron chi connectivity index (χ4n) is 1.13. The third kappa shape index (κ3) is 8.61. The van der Waals surface area contributed by atoms with Crippen molar-refractivity contribution in [3.05, 3.63) is 0 Å². The number of carboxylic acids is 1. The van der Waals surface area contributed by atoms with Crippen molar-refractivity contribution in [2.24, 2.45) is 0 Å². The Morgan fingerprint density at radius 3 is 2.47 bits per heavy atom. The van der Waals surface area contributed by atoms with Crippen molar-refractivity contribution in [1.82, 2.24) is 10.6 Å². The van der Waals surface area contributed by atoms with E-state index in [0.29, 0.717) is 19.7 Å². The fraction of sp³-hybridized carbons (Fsp3) is 0.800. The van der Waals surface area contributed by atoms with Gasteiger partial charge in [-0.25, -0.2) is 0 Å². The van der Waals surface area contributed by atoms with Crippen molar-refractivity contribution in [3.8, 4) is 0 Å². The number of amides is 1. The van der Waals surface area contributed by atoms with Crippen LogP contribution in [-0.4, -0.2) is 63.5 Å². The lowest BCUT2D eigenvalue weighted by atomic mass is 10.3. The number of carbonyl (C=O) groups is 2. The molecule has 3 N–H and O–H groups in total. The highest BCUT2D eigenvalue weighted by Gasteiger charge is 2.16. The number of ether oxygens (including phenoxy) is 2. The van der Waals surface area contributed by atoms with Gasteiger partial charge in [-0.2, -0.15) is 0 Å². The maximum atomic E-state index is 11.2. The van der Waals surface area contributed by atoms with Gasteiger partial charge in [-0.05, 0) is 0 Å². The predicted molar refractivity (Wildman–Crippen MR) is 60.8 cm³/mol. The van der Waals surface area contributed by atoms with Gasteiger partial charge in [0.2, 0.25) is 5.91 Å². The Bertz CT molecular complexity index is 235. The van der Waals surface area contributed by atoms with Crippen molar-refractivity contribution in [2.75, 3.05) is 40.5 Å². The lowest BCUT2D eigenvalue weighted by Gasteiger charge is -2.13. The van der Waals surface area contributed by atoms with Gasteiger partial charge in [0.05, 0.1) is 13.2 Å². The van der Waals surface area contributed by atoms with Crippen LogP contribution in [0.1, 0.15) is 6.42 Å². The van der Waals surface area contributed by atoms with Crippen LogP contribution in [0.2, 0.25) is 0 Å². The molecule has 0 spiro atoms. The van der Waals surface area contributed by atoms with Gasteiger partial charge in [-0.15, -0.1) is 0 Å². The molecule has 17 heavy (non-hydrogen) atoms. The fourth-order valence-corrected chi connectivity index (χ4v) is 1.13. The SMILES string of the molecule is COCCNC(=O)CCNC(COC)C(=O)O.